The molecule has 0 heterocycles. The molecule has 17 heavy (non-hydrogen) atoms. The summed E-state index contributed by atoms with van der Waals surface area (Å²) in [4.78, 5) is -0.142. The Labute approximate surface area is 123 Å². The van der Waals surface area contributed by atoms with Gasteiger partial charge in [-0.25, -0.2) is 8.42 Å². The van der Waals surface area contributed by atoms with E-state index < -0.39 is 10.1 Å². The van der Waals surface area contributed by atoms with Gasteiger partial charge in [0.1, 0.15) is 10.1 Å². The van der Waals surface area contributed by atoms with Crippen LogP contribution in [-0.2, 0) is 10.1 Å². The molecular formula is C12H11NaO3S. The van der Waals surface area contributed by atoms with Gasteiger partial charge in [0, 0.05) is 0 Å². The molecule has 2 rings (SSSR count). The molecule has 0 N–H and O–H groups in total. The number of fused-ring (bicyclic) bond motifs is 1. The van der Waals surface area contributed by atoms with E-state index in [0.717, 1.165) is 16.5 Å². The Morgan fingerprint density at radius 3 is 2.24 bits per heavy atom. The molecule has 2 aromatic rings. The minimum Gasteiger partial charge on any atom is -0.744 e. The van der Waals surface area contributed by atoms with Crippen LogP contribution >= 0.6 is 0 Å². The van der Waals surface area contributed by atoms with Crippen LogP contribution in [0.25, 0.3) is 10.8 Å². The van der Waals surface area contributed by atoms with Gasteiger partial charge in [0.2, 0.25) is 0 Å². The van der Waals surface area contributed by atoms with Crippen molar-refractivity contribution in [2.75, 3.05) is 0 Å². The third-order valence-corrected chi connectivity index (χ3v) is 3.51. The van der Waals surface area contributed by atoms with Gasteiger partial charge in [0.25, 0.3) is 0 Å². The fourth-order valence-corrected chi connectivity index (χ4v) is 2.48. The van der Waals surface area contributed by atoms with Crippen LogP contribution in [0.4, 0.5) is 0 Å². The van der Waals surface area contributed by atoms with E-state index in [0.29, 0.717) is 5.39 Å². The van der Waals surface area contributed by atoms with Crippen molar-refractivity contribution in [2.24, 2.45) is 0 Å². The monoisotopic (exact) mass is 258 g/mol. The first-order valence-electron chi connectivity index (χ1n) is 4.85. The molecule has 0 aliphatic heterocycles. The first kappa shape index (κ1) is 14.7. The summed E-state index contributed by atoms with van der Waals surface area (Å²) in [6.45, 7) is 3.75. The second-order valence-electron chi connectivity index (χ2n) is 3.88. The number of aryl methyl sites for hydroxylation is 2. The number of hydrogen-bond donors (Lipinski definition) is 0. The van der Waals surface area contributed by atoms with E-state index in [-0.39, 0.29) is 34.5 Å². The first-order valence-corrected chi connectivity index (χ1v) is 6.26. The minimum atomic E-state index is -4.41. The van der Waals surface area contributed by atoms with Gasteiger partial charge in [0.15, 0.2) is 0 Å². The van der Waals surface area contributed by atoms with Gasteiger partial charge in [-0.3, -0.25) is 0 Å². The van der Waals surface area contributed by atoms with Crippen molar-refractivity contribution in [3.63, 3.8) is 0 Å². The van der Waals surface area contributed by atoms with Crippen molar-refractivity contribution in [1.82, 2.24) is 0 Å². The van der Waals surface area contributed by atoms with Gasteiger partial charge < -0.3 is 4.55 Å². The number of rotatable bonds is 1. The normalized spacial score (nSPS) is 11.2. The first-order chi connectivity index (χ1) is 7.39. The molecular weight excluding hydrogens is 247 g/mol. The standard InChI is InChI=1S/C12H12O3S.Na/c1-8-3-5-10-9(2)4-6-12(11(10)7-8)16(13,14)15;/h3-7H,1-2H3,(H,13,14,15);/q;+1/p-1. The van der Waals surface area contributed by atoms with Gasteiger partial charge in [-0.1, -0.05) is 29.8 Å². The van der Waals surface area contributed by atoms with Crippen molar-refractivity contribution in [3.8, 4) is 0 Å². The van der Waals surface area contributed by atoms with Crippen LogP contribution in [0.3, 0.4) is 0 Å². The van der Waals surface area contributed by atoms with Crippen LogP contribution < -0.4 is 29.6 Å². The van der Waals surface area contributed by atoms with Crippen LogP contribution in [-0.4, -0.2) is 13.0 Å². The average molecular weight is 258 g/mol. The predicted molar refractivity (Wildman–Crippen MR) is 61.4 cm³/mol. The van der Waals surface area contributed by atoms with Crippen molar-refractivity contribution in [1.29, 1.82) is 0 Å². The van der Waals surface area contributed by atoms with Crippen LogP contribution in [0, 0.1) is 13.8 Å². The Morgan fingerprint density at radius 2 is 1.65 bits per heavy atom. The fourth-order valence-electron chi connectivity index (χ4n) is 1.80. The van der Waals surface area contributed by atoms with Gasteiger partial charge in [-0.2, -0.15) is 0 Å². The molecule has 0 saturated heterocycles. The summed E-state index contributed by atoms with van der Waals surface area (Å²) in [5.74, 6) is 0. The van der Waals surface area contributed by atoms with Gasteiger partial charge in [-0.05, 0) is 36.2 Å². The fraction of sp³-hybridized carbons (Fsp3) is 0.167. The molecule has 0 bridgehead atoms. The zero-order valence-corrected chi connectivity index (χ0v) is 12.8. The maximum Gasteiger partial charge on any atom is 1.00 e. The van der Waals surface area contributed by atoms with Crippen molar-refractivity contribution in [2.45, 2.75) is 18.7 Å². The summed E-state index contributed by atoms with van der Waals surface area (Å²) in [5, 5.41) is 1.32. The Bertz CT molecular complexity index is 663. The van der Waals surface area contributed by atoms with E-state index in [4.69, 9.17) is 0 Å². The summed E-state index contributed by atoms with van der Waals surface area (Å²) in [6, 6.07) is 8.50. The maximum atomic E-state index is 11.1. The summed E-state index contributed by atoms with van der Waals surface area (Å²) in [7, 11) is -4.41. The zero-order valence-electron chi connectivity index (χ0n) is 10.0. The minimum absolute atomic E-state index is 0. The molecule has 0 amide bonds. The molecule has 0 aromatic heterocycles. The molecule has 3 nitrogen and oxygen atoms in total. The Morgan fingerprint density at radius 1 is 1.00 bits per heavy atom. The number of benzene rings is 2. The van der Waals surface area contributed by atoms with Crippen molar-refractivity contribution >= 4 is 20.9 Å². The summed E-state index contributed by atoms with van der Waals surface area (Å²) in [6.07, 6.45) is 0. The molecule has 0 spiro atoms. The Balaban J connectivity index is 0.00000144. The zero-order chi connectivity index (χ0) is 11.9. The summed E-state index contributed by atoms with van der Waals surface area (Å²) >= 11 is 0. The third-order valence-electron chi connectivity index (χ3n) is 2.62. The summed E-state index contributed by atoms with van der Waals surface area (Å²) < 4.78 is 33.3. The summed E-state index contributed by atoms with van der Waals surface area (Å²) in [5.41, 5.74) is 1.89. The van der Waals surface area contributed by atoms with Crippen LogP contribution in [0.1, 0.15) is 11.1 Å². The molecule has 5 heteroatoms. The second kappa shape index (κ2) is 5.08. The van der Waals surface area contributed by atoms with Crippen LogP contribution in [0.15, 0.2) is 35.2 Å². The molecule has 0 unspecified atom stereocenters. The molecule has 0 saturated carbocycles. The topological polar surface area (TPSA) is 57.2 Å². The van der Waals surface area contributed by atoms with E-state index in [2.05, 4.69) is 0 Å². The molecule has 84 valence electrons. The molecule has 0 aliphatic rings. The van der Waals surface area contributed by atoms with Crippen LogP contribution in [0.2, 0.25) is 0 Å². The van der Waals surface area contributed by atoms with Gasteiger partial charge in [0.05, 0.1) is 4.90 Å². The van der Waals surface area contributed by atoms with E-state index in [1.54, 1.807) is 12.1 Å². The van der Waals surface area contributed by atoms with E-state index in [9.17, 15) is 13.0 Å². The van der Waals surface area contributed by atoms with E-state index in [1.165, 1.54) is 6.07 Å². The molecule has 0 radical (unpaired) electrons. The van der Waals surface area contributed by atoms with E-state index >= 15 is 0 Å². The van der Waals surface area contributed by atoms with Crippen molar-refractivity contribution in [3.05, 3.63) is 41.5 Å². The molecule has 2 aromatic carbocycles. The molecule has 0 fully saturated rings. The predicted octanol–water partition coefficient (Wildman–Crippen LogP) is -0.635. The second-order valence-corrected chi connectivity index (χ2v) is 5.23. The number of hydrogen-bond acceptors (Lipinski definition) is 3. The third kappa shape index (κ3) is 2.89. The quantitative estimate of drug-likeness (QED) is 0.505. The molecule has 0 aliphatic carbocycles. The van der Waals surface area contributed by atoms with Crippen LogP contribution in [0.5, 0.6) is 0 Å². The average Bonchev–Trinajstić information content (AvgIpc) is 2.15. The Kier molecular flexibility index (Phi) is 4.38. The van der Waals surface area contributed by atoms with Gasteiger partial charge >= 0.3 is 29.6 Å². The SMILES string of the molecule is Cc1ccc2c(C)ccc(S(=O)(=O)[O-])c2c1.[Na+]. The van der Waals surface area contributed by atoms with E-state index in [1.807, 2.05) is 26.0 Å². The largest absolute Gasteiger partial charge is 1.00 e. The molecule has 0 atom stereocenters. The van der Waals surface area contributed by atoms with Crippen molar-refractivity contribution < 1.29 is 42.5 Å². The smallest absolute Gasteiger partial charge is 0.744 e. The maximum absolute atomic E-state index is 11.1. The van der Waals surface area contributed by atoms with Gasteiger partial charge in [-0.15, -0.1) is 0 Å². The Hall–Kier alpha value is -0.390.